The van der Waals surface area contributed by atoms with Crippen LogP contribution in [0.5, 0.6) is 0 Å². The summed E-state index contributed by atoms with van der Waals surface area (Å²) in [4.78, 5) is 38.1. The highest BCUT2D eigenvalue weighted by Crippen LogP contribution is 2.15. The zero-order chi connectivity index (χ0) is 52.2. The van der Waals surface area contributed by atoms with Crippen molar-refractivity contribution in [3.63, 3.8) is 0 Å². The molecule has 0 aliphatic rings. The molecule has 0 aromatic carbocycles. The van der Waals surface area contributed by atoms with Crippen LogP contribution in [0.4, 0.5) is 0 Å². The van der Waals surface area contributed by atoms with Gasteiger partial charge < -0.3 is 14.2 Å². The van der Waals surface area contributed by atoms with E-state index < -0.39 is 6.10 Å². The second kappa shape index (κ2) is 59.6. The van der Waals surface area contributed by atoms with E-state index in [-0.39, 0.29) is 31.1 Å². The largest absolute Gasteiger partial charge is 0.462 e. The highest BCUT2D eigenvalue weighted by Gasteiger charge is 2.19. The van der Waals surface area contributed by atoms with Gasteiger partial charge in [0.2, 0.25) is 0 Å². The monoisotopic (exact) mass is 999 g/mol. The Morgan fingerprint density at radius 3 is 0.875 bits per heavy atom. The van der Waals surface area contributed by atoms with Gasteiger partial charge in [-0.25, -0.2) is 0 Å². The van der Waals surface area contributed by atoms with Gasteiger partial charge in [-0.1, -0.05) is 252 Å². The third-order valence-electron chi connectivity index (χ3n) is 12.5. The maximum Gasteiger partial charge on any atom is 0.306 e. The molecule has 1 atom stereocenters. The van der Waals surface area contributed by atoms with E-state index in [9.17, 15) is 14.4 Å². The van der Waals surface area contributed by atoms with Gasteiger partial charge in [0, 0.05) is 19.3 Å². The first-order valence-electron chi connectivity index (χ1n) is 29.9. The van der Waals surface area contributed by atoms with Gasteiger partial charge in [0.1, 0.15) is 13.2 Å². The van der Waals surface area contributed by atoms with E-state index in [0.29, 0.717) is 19.3 Å². The van der Waals surface area contributed by atoms with Crippen LogP contribution in [0, 0.1) is 0 Å². The average molecular weight is 1000 g/mol. The molecule has 0 saturated heterocycles. The number of unbranched alkanes of at least 4 members (excludes halogenated alkanes) is 24. The van der Waals surface area contributed by atoms with E-state index in [0.717, 1.165) is 135 Å². The molecule has 0 aromatic heterocycles. The van der Waals surface area contributed by atoms with Gasteiger partial charge in [-0.2, -0.15) is 0 Å². The Hall–Kier alpha value is -3.93. The first-order valence-corrected chi connectivity index (χ1v) is 29.9. The molecule has 0 spiro atoms. The second-order valence-corrected chi connectivity index (χ2v) is 19.5. The predicted molar refractivity (Wildman–Crippen MR) is 311 cm³/mol. The SMILES string of the molecule is CC/C=C\C/C=C\C/C=C\C/C=C\C/C=C\C/C=C\CCCCCCCCC(=O)OCC(COC(=O)CCCCCCCCCCCC)OC(=O)CCCCCCCC/C=C\C/C=C\C/C=C\CCCCC. The number of esters is 3. The van der Waals surface area contributed by atoms with Crippen molar-refractivity contribution in [1.29, 1.82) is 0 Å². The van der Waals surface area contributed by atoms with Crippen LogP contribution in [0.15, 0.2) is 109 Å². The molecule has 0 rings (SSSR count). The molecule has 0 aliphatic heterocycles. The molecule has 1 unspecified atom stereocenters. The minimum absolute atomic E-state index is 0.0878. The second-order valence-electron chi connectivity index (χ2n) is 19.5. The van der Waals surface area contributed by atoms with Crippen molar-refractivity contribution < 1.29 is 28.6 Å². The molecule has 410 valence electrons. The van der Waals surface area contributed by atoms with Crippen molar-refractivity contribution in [2.75, 3.05) is 13.2 Å². The summed E-state index contributed by atoms with van der Waals surface area (Å²) in [6, 6.07) is 0. The fourth-order valence-electron chi connectivity index (χ4n) is 8.04. The molecule has 0 N–H and O–H groups in total. The van der Waals surface area contributed by atoms with Crippen LogP contribution >= 0.6 is 0 Å². The summed E-state index contributed by atoms with van der Waals surface area (Å²) >= 11 is 0. The van der Waals surface area contributed by atoms with Gasteiger partial charge in [0.15, 0.2) is 6.10 Å². The van der Waals surface area contributed by atoms with E-state index in [4.69, 9.17) is 14.2 Å². The van der Waals surface area contributed by atoms with Gasteiger partial charge in [0.05, 0.1) is 0 Å². The van der Waals surface area contributed by atoms with Crippen molar-refractivity contribution in [1.82, 2.24) is 0 Å². The van der Waals surface area contributed by atoms with E-state index in [1.165, 1.54) is 96.3 Å². The Morgan fingerprint density at radius 2 is 0.542 bits per heavy atom. The smallest absolute Gasteiger partial charge is 0.306 e. The lowest BCUT2D eigenvalue weighted by Gasteiger charge is -2.18. The fourth-order valence-corrected chi connectivity index (χ4v) is 8.04. The number of rotatable bonds is 53. The summed E-state index contributed by atoms with van der Waals surface area (Å²) in [7, 11) is 0. The molecule has 0 fully saturated rings. The summed E-state index contributed by atoms with van der Waals surface area (Å²) < 4.78 is 16.8. The third-order valence-corrected chi connectivity index (χ3v) is 12.5. The molecule has 0 saturated carbocycles. The Bertz CT molecular complexity index is 1470. The van der Waals surface area contributed by atoms with Crippen LogP contribution in [0.1, 0.15) is 271 Å². The van der Waals surface area contributed by atoms with Crippen LogP contribution in [-0.4, -0.2) is 37.2 Å². The standard InChI is InChI=1S/C66H110O6/c1-4-7-10-13-16-19-22-24-26-28-30-31-32-33-34-35-37-38-40-42-44-47-50-53-56-59-65(68)71-62-63(61-70-64(67)58-55-52-49-46-21-18-15-12-9-6-3)72-66(69)60-57-54-51-48-45-43-41-39-36-29-27-25-23-20-17-14-11-8-5-2/h7,10,16-17,19-20,24-27,30-31,33-34,36-39,63H,4-6,8-9,11-15,18,21-23,28-29,32,35,40-62H2,1-3H3/b10-7-,19-16-,20-17-,26-24-,27-25-,31-30-,34-33-,38-37-,39-36-. The van der Waals surface area contributed by atoms with E-state index in [1.54, 1.807) is 0 Å². The number of carbonyl (C=O) groups excluding carboxylic acids is 3. The Labute approximate surface area is 444 Å². The lowest BCUT2D eigenvalue weighted by Crippen LogP contribution is -2.30. The molecule has 0 aliphatic carbocycles. The summed E-state index contributed by atoms with van der Waals surface area (Å²) in [6.45, 7) is 6.47. The Morgan fingerprint density at radius 1 is 0.292 bits per heavy atom. The first-order chi connectivity index (χ1) is 35.5. The highest BCUT2D eigenvalue weighted by molar-refractivity contribution is 5.71. The van der Waals surface area contributed by atoms with Gasteiger partial charge in [-0.15, -0.1) is 0 Å². The third kappa shape index (κ3) is 57.0. The molecule has 0 bridgehead atoms. The summed E-state index contributed by atoms with van der Waals surface area (Å²) in [5, 5.41) is 0. The first kappa shape index (κ1) is 68.1. The number of ether oxygens (including phenoxy) is 3. The predicted octanol–water partition coefficient (Wildman–Crippen LogP) is 20.3. The molecular formula is C66H110O6. The van der Waals surface area contributed by atoms with Crippen LogP contribution in [-0.2, 0) is 28.6 Å². The lowest BCUT2D eigenvalue weighted by atomic mass is 10.1. The molecule has 6 heteroatoms. The minimum atomic E-state index is -0.792. The minimum Gasteiger partial charge on any atom is -0.462 e. The van der Waals surface area contributed by atoms with Gasteiger partial charge in [-0.3, -0.25) is 14.4 Å². The fraction of sp³-hybridized carbons (Fsp3) is 0.682. The van der Waals surface area contributed by atoms with Crippen LogP contribution in [0.2, 0.25) is 0 Å². The molecule has 0 amide bonds. The van der Waals surface area contributed by atoms with Crippen molar-refractivity contribution >= 4 is 17.9 Å². The van der Waals surface area contributed by atoms with E-state index in [1.807, 2.05) is 0 Å². The average Bonchev–Trinajstić information content (AvgIpc) is 3.38. The Kier molecular flexibility index (Phi) is 56.4. The number of hydrogen-bond donors (Lipinski definition) is 0. The number of allylic oxidation sites excluding steroid dienone is 18. The van der Waals surface area contributed by atoms with Crippen LogP contribution < -0.4 is 0 Å². The quantitative estimate of drug-likeness (QED) is 0.0261. The molecule has 0 radical (unpaired) electrons. The van der Waals surface area contributed by atoms with Gasteiger partial charge in [0.25, 0.3) is 0 Å². The normalized spacial score (nSPS) is 12.9. The number of carbonyl (C=O) groups is 3. The summed E-state index contributed by atoms with van der Waals surface area (Å²) in [6.07, 6.45) is 80.8. The van der Waals surface area contributed by atoms with Gasteiger partial charge in [-0.05, 0) is 109 Å². The maximum absolute atomic E-state index is 12.9. The van der Waals surface area contributed by atoms with Crippen molar-refractivity contribution in [3.05, 3.63) is 109 Å². The highest BCUT2D eigenvalue weighted by atomic mass is 16.6. The molecule has 72 heavy (non-hydrogen) atoms. The van der Waals surface area contributed by atoms with Crippen molar-refractivity contribution in [2.45, 2.75) is 277 Å². The Balaban J connectivity index is 4.35. The molecule has 6 nitrogen and oxygen atoms in total. The van der Waals surface area contributed by atoms with Crippen LogP contribution in [0.25, 0.3) is 0 Å². The van der Waals surface area contributed by atoms with Crippen molar-refractivity contribution in [3.8, 4) is 0 Å². The molecular weight excluding hydrogens is 889 g/mol. The van der Waals surface area contributed by atoms with E-state index >= 15 is 0 Å². The molecule has 0 heterocycles. The zero-order valence-corrected chi connectivity index (χ0v) is 46.9. The van der Waals surface area contributed by atoms with Gasteiger partial charge >= 0.3 is 17.9 Å². The topological polar surface area (TPSA) is 78.9 Å². The maximum atomic E-state index is 12.9. The van der Waals surface area contributed by atoms with Crippen molar-refractivity contribution in [2.24, 2.45) is 0 Å². The summed E-state index contributed by atoms with van der Waals surface area (Å²) in [5.41, 5.74) is 0. The van der Waals surface area contributed by atoms with E-state index in [2.05, 4.69) is 130 Å². The zero-order valence-electron chi connectivity index (χ0n) is 46.9. The lowest BCUT2D eigenvalue weighted by molar-refractivity contribution is -0.167. The van der Waals surface area contributed by atoms with Crippen LogP contribution in [0.3, 0.4) is 0 Å². The number of hydrogen-bond acceptors (Lipinski definition) is 6. The summed E-state index contributed by atoms with van der Waals surface area (Å²) in [5.74, 6) is -0.915. The molecule has 0 aromatic rings.